The number of halogens is 1. The zero-order chi connectivity index (χ0) is 21.6. The average molecular weight is 415 g/mol. The van der Waals surface area contributed by atoms with Crippen LogP contribution in [0.5, 0.6) is 0 Å². The van der Waals surface area contributed by atoms with Crippen LogP contribution in [0.25, 0.3) is 0 Å². The number of amides is 2. The zero-order valence-electron chi connectivity index (χ0n) is 18.0. The van der Waals surface area contributed by atoms with E-state index < -0.39 is 6.04 Å². The molecule has 1 atom stereocenters. The number of benzene rings is 2. The molecule has 2 aromatic rings. The summed E-state index contributed by atoms with van der Waals surface area (Å²) in [5.41, 5.74) is 4.25. The monoisotopic (exact) mass is 414 g/mol. The highest BCUT2D eigenvalue weighted by Crippen LogP contribution is 2.18. The van der Waals surface area contributed by atoms with Gasteiger partial charge in [-0.2, -0.15) is 0 Å². The van der Waals surface area contributed by atoms with Crippen molar-refractivity contribution in [3.05, 3.63) is 69.7 Å². The van der Waals surface area contributed by atoms with Crippen LogP contribution in [0, 0.1) is 13.8 Å². The Hall–Kier alpha value is -2.33. The quantitative estimate of drug-likeness (QED) is 0.672. The van der Waals surface area contributed by atoms with Gasteiger partial charge in [0, 0.05) is 17.6 Å². The molecule has 0 saturated heterocycles. The molecule has 29 heavy (non-hydrogen) atoms. The van der Waals surface area contributed by atoms with Crippen molar-refractivity contribution >= 4 is 23.4 Å². The van der Waals surface area contributed by atoms with E-state index in [0.717, 1.165) is 16.7 Å². The third kappa shape index (κ3) is 6.60. The number of rotatable bonds is 8. The van der Waals surface area contributed by atoms with E-state index in [1.54, 1.807) is 17.0 Å². The summed E-state index contributed by atoms with van der Waals surface area (Å²) in [5, 5.41) is 3.60. The largest absolute Gasteiger partial charge is 0.352 e. The molecule has 0 radical (unpaired) electrons. The lowest BCUT2D eigenvalue weighted by Crippen LogP contribution is -2.50. The lowest BCUT2D eigenvalue weighted by atomic mass is 10.0. The van der Waals surface area contributed by atoms with Gasteiger partial charge in [-0.1, -0.05) is 48.9 Å². The highest BCUT2D eigenvalue weighted by atomic mass is 35.5. The van der Waals surface area contributed by atoms with Gasteiger partial charge >= 0.3 is 0 Å². The van der Waals surface area contributed by atoms with Crippen LogP contribution in [-0.2, 0) is 22.6 Å². The molecule has 0 aromatic heterocycles. The Balaban J connectivity index is 2.30. The second kappa shape index (κ2) is 10.4. The maximum Gasteiger partial charge on any atom is 0.243 e. The fraction of sp³-hybridized carbons (Fsp3) is 0.417. The van der Waals surface area contributed by atoms with E-state index in [-0.39, 0.29) is 24.3 Å². The Labute approximate surface area is 179 Å². The van der Waals surface area contributed by atoms with Crippen LogP contribution in [-0.4, -0.2) is 28.8 Å². The average Bonchev–Trinajstić information content (AvgIpc) is 2.65. The third-order valence-corrected chi connectivity index (χ3v) is 5.26. The predicted molar refractivity (Wildman–Crippen MR) is 119 cm³/mol. The molecule has 1 N–H and O–H groups in total. The van der Waals surface area contributed by atoms with Crippen LogP contribution < -0.4 is 5.32 Å². The molecule has 156 valence electrons. The van der Waals surface area contributed by atoms with Crippen molar-refractivity contribution in [2.75, 3.05) is 0 Å². The van der Waals surface area contributed by atoms with Gasteiger partial charge in [-0.05, 0) is 68.5 Å². The van der Waals surface area contributed by atoms with Gasteiger partial charge in [-0.25, -0.2) is 0 Å². The van der Waals surface area contributed by atoms with E-state index in [2.05, 4.69) is 12.2 Å². The Morgan fingerprint density at radius 3 is 2.17 bits per heavy atom. The molecule has 0 fully saturated rings. The van der Waals surface area contributed by atoms with Crippen LogP contribution in [0.2, 0.25) is 5.02 Å². The molecule has 0 saturated carbocycles. The molecule has 2 amide bonds. The van der Waals surface area contributed by atoms with Crippen LogP contribution in [0.4, 0.5) is 0 Å². The third-order valence-electron chi connectivity index (χ3n) is 5.01. The van der Waals surface area contributed by atoms with Gasteiger partial charge in [-0.3, -0.25) is 9.59 Å². The van der Waals surface area contributed by atoms with Crippen molar-refractivity contribution in [2.45, 2.75) is 66.1 Å². The van der Waals surface area contributed by atoms with E-state index in [1.807, 2.05) is 58.0 Å². The Morgan fingerprint density at radius 2 is 1.62 bits per heavy atom. The maximum atomic E-state index is 13.3. The Kier molecular flexibility index (Phi) is 8.27. The molecular formula is C24H31ClN2O2. The highest BCUT2D eigenvalue weighted by Gasteiger charge is 2.29. The van der Waals surface area contributed by atoms with E-state index in [4.69, 9.17) is 11.6 Å². The summed E-state index contributed by atoms with van der Waals surface area (Å²) in [5.74, 6) is -0.182. The van der Waals surface area contributed by atoms with E-state index in [0.29, 0.717) is 18.0 Å². The highest BCUT2D eigenvalue weighted by molar-refractivity contribution is 6.30. The Morgan fingerprint density at radius 1 is 1.00 bits per heavy atom. The molecule has 2 aromatic carbocycles. The molecule has 5 heteroatoms. The number of nitrogens with one attached hydrogen (secondary N) is 1. The standard InChI is InChI=1S/C24H31ClN2O2/c1-6-22(24(29)26-16(2)3)27(15-19-9-11-21(25)12-10-19)23(28)14-20-8-7-17(4)18(5)13-20/h7-13,16,22H,6,14-15H2,1-5H3,(H,26,29)/t22-/m0/s1. The minimum absolute atomic E-state index is 0.0174. The van der Waals surface area contributed by atoms with Gasteiger partial charge < -0.3 is 10.2 Å². The first kappa shape index (κ1) is 23.0. The fourth-order valence-corrected chi connectivity index (χ4v) is 3.40. The lowest BCUT2D eigenvalue weighted by molar-refractivity contribution is -0.141. The summed E-state index contributed by atoms with van der Waals surface area (Å²) >= 11 is 6.00. The number of hydrogen-bond acceptors (Lipinski definition) is 2. The molecule has 0 bridgehead atoms. The van der Waals surface area contributed by atoms with Gasteiger partial charge in [0.15, 0.2) is 0 Å². The number of carbonyl (C=O) groups is 2. The summed E-state index contributed by atoms with van der Waals surface area (Å²) in [6, 6.07) is 13.0. The smallest absolute Gasteiger partial charge is 0.243 e. The van der Waals surface area contributed by atoms with Crippen LogP contribution in [0.1, 0.15) is 49.4 Å². The van der Waals surface area contributed by atoms with Crippen molar-refractivity contribution in [3.8, 4) is 0 Å². The van der Waals surface area contributed by atoms with Crippen molar-refractivity contribution in [3.63, 3.8) is 0 Å². The second-order valence-corrected chi connectivity index (χ2v) is 8.27. The SMILES string of the molecule is CC[C@@H](C(=O)NC(C)C)N(Cc1ccc(Cl)cc1)C(=O)Cc1ccc(C)c(C)c1. The molecule has 0 aliphatic rings. The lowest BCUT2D eigenvalue weighted by Gasteiger charge is -2.31. The molecule has 0 aliphatic heterocycles. The van der Waals surface area contributed by atoms with Crippen molar-refractivity contribution in [1.29, 1.82) is 0 Å². The summed E-state index contributed by atoms with van der Waals surface area (Å²) in [6.07, 6.45) is 0.810. The summed E-state index contributed by atoms with van der Waals surface area (Å²) in [6.45, 7) is 10.2. The number of hydrogen-bond donors (Lipinski definition) is 1. The Bertz CT molecular complexity index is 846. The van der Waals surface area contributed by atoms with Gasteiger partial charge in [0.1, 0.15) is 6.04 Å². The molecule has 0 heterocycles. The number of aryl methyl sites for hydroxylation is 2. The van der Waals surface area contributed by atoms with E-state index >= 15 is 0 Å². The maximum absolute atomic E-state index is 13.3. The molecule has 4 nitrogen and oxygen atoms in total. The normalized spacial score (nSPS) is 12.0. The van der Waals surface area contributed by atoms with Crippen molar-refractivity contribution in [2.24, 2.45) is 0 Å². The van der Waals surface area contributed by atoms with Crippen LogP contribution >= 0.6 is 11.6 Å². The van der Waals surface area contributed by atoms with Gasteiger partial charge in [-0.15, -0.1) is 0 Å². The van der Waals surface area contributed by atoms with Crippen molar-refractivity contribution < 1.29 is 9.59 Å². The summed E-state index contributed by atoms with van der Waals surface area (Å²) in [4.78, 5) is 27.8. The van der Waals surface area contributed by atoms with Crippen LogP contribution in [0.15, 0.2) is 42.5 Å². The number of nitrogens with zero attached hydrogens (tertiary/aromatic N) is 1. The van der Waals surface area contributed by atoms with Crippen LogP contribution in [0.3, 0.4) is 0 Å². The van der Waals surface area contributed by atoms with Gasteiger partial charge in [0.2, 0.25) is 11.8 Å². The molecule has 0 unspecified atom stereocenters. The summed E-state index contributed by atoms with van der Waals surface area (Å²) in [7, 11) is 0. The first-order valence-electron chi connectivity index (χ1n) is 10.1. The van der Waals surface area contributed by atoms with Gasteiger partial charge in [0.05, 0.1) is 6.42 Å². The zero-order valence-corrected chi connectivity index (χ0v) is 18.7. The fourth-order valence-electron chi connectivity index (χ4n) is 3.28. The van der Waals surface area contributed by atoms with Crippen molar-refractivity contribution in [1.82, 2.24) is 10.2 Å². The molecule has 0 aliphatic carbocycles. The minimum atomic E-state index is -0.521. The molecular weight excluding hydrogens is 384 g/mol. The van der Waals surface area contributed by atoms with Gasteiger partial charge in [0.25, 0.3) is 0 Å². The molecule has 0 spiro atoms. The first-order chi connectivity index (χ1) is 13.7. The minimum Gasteiger partial charge on any atom is -0.352 e. The second-order valence-electron chi connectivity index (χ2n) is 7.83. The topological polar surface area (TPSA) is 49.4 Å². The van der Waals surface area contributed by atoms with E-state index in [1.165, 1.54) is 5.56 Å². The first-order valence-corrected chi connectivity index (χ1v) is 10.5. The number of carbonyl (C=O) groups excluding carboxylic acids is 2. The molecule has 2 rings (SSSR count). The summed E-state index contributed by atoms with van der Waals surface area (Å²) < 4.78 is 0. The predicted octanol–water partition coefficient (Wildman–Crippen LogP) is 4.83. The van der Waals surface area contributed by atoms with E-state index in [9.17, 15) is 9.59 Å².